The normalized spacial score (nSPS) is 15.8. The lowest BCUT2D eigenvalue weighted by Gasteiger charge is -2.21. The third-order valence-electron chi connectivity index (χ3n) is 2.35. The Morgan fingerprint density at radius 1 is 1.54 bits per heavy atom. The van der Waals surface area contributed by atoms with Crippen molar-refractivity contribution in [2.75, 3.05) is 26.7 Å². The second-order valence-electron chi connectivity index (χ2n) is 3.81. The van der Waals surface area contributed by atoms with E-state index in [9.17, 15) is 4.79 Å². The molecule has 0 spiro atoms. The molecule has 3 nitrogen and oxygen atoms in total. The number of hydrogen-bond acceptors (Lipinski definition) is 2. The molecule has 0 bridgehead atoms. The largest absolute Gasteiger partial charge is 0.341 e. The van der Waals surface area contributed by atoms with Gasteiger partial charge in [-0.25, -0.2) is 0 Å². The molecule has 76 valence electrons. The Hall–Kier alpha value is -0.570. The van der Waals surface area contributed by atoms with Crippen LogP contribution in [-0.4, -0.2) is 37.5 Å². The molecule has 1 N–H and O–H groups in total. The van der Waals surface area contributed by atoms with E-state index < -0.39 is 0 Å². The molecule has 1 aliphatic rings. The minimum Gasteiger partial charge on any atom is -0.341 e. The number of rotatable bonds is 6. The van der Waals surface area contributed by atoms with Crippen molar-refractivity contribution in [2.24, 2.45) is 5.92 Å². The van der Waals surface area contributed by atoms with Crippen LogP contribution in [0.25, 0.3) is 0 Å². The van der Waals surface area contributed by atoms with E-state index >= 15 is 0 Å². The third kappa shape index (κ3) is 3.77. The van der Waals surface area contributed by atoms with E-state index in [0.717, 1.165) is 25.4 Å². The van der Waals surface area contributed by atoms with Gasteiger partial charge in [-0.1, -0.05) is 6.92 Å². The number of amides is 1. The molecule has 0 saturated heterocycles. The highest BCUT2D eigenvalue weighted by molar-refractivity contribution is 5.78. The maximum Gasteiger partial charge on any atom is 0.236 e. The summed E-state index contributed by atoms with van der Waals surface area (Å²) in [4.78, 5) is 13.6. The predicted octanol–water partition coefficient (Wildman–Crippen LogP) is 0.854. The fourth-order valence-corrected chi connectivity index (χ4v) is 1.46. The second kappa shape index (κ2) is 5.22. The van der Waals surface area contributed by atoms with Crippen LogP contribution in [0.4, 0.5) is 0 Å². The Balaban J connectivity index is 2.29. The fraction of sp³-hybridized carbons (Fsp3) is 0.900. The predicted molar refractivity (Wildman–Crippen MR) is 53.5 cm³/mol. The summed E-state index contributed by atoms with van der Waals surface area (Å²) >= 11 is 0. The molecular weight excluding hydrogens is 164 g/mol. The van der Waals surface area contributed by atoms with Gasteiger partial charge < -0.3 is 10.2 Å². The highest BCUT2D eigenvalue weighted by atomic mass is 16.2. The molecule has 0 aromatic heterocycles. The number of likely N-dealkylation sites (N-methyl/N-ethyl adjacent to an activating group) is 1. The highest BCUT2D eigenvalue weighted by Gasteiger charge is 2.25. The maximum atomic E-state index is 11.6. The van der Waals surface area contributed by atoms with E-state index in [1.54, 1.807) is 0 Å². The van der Waals surface area contributed by atoms with E-state index in [4.69, 9.17) is 0 Å². The quantitative estimate of drug-likeness (QED) is 0.664. The van der Waals surface area contributed by atoms with Crippen LogP contribution in [0.15, 0.2) is 0 Å². The van der Waals surface area contributed by atoms with Crippen LogP contribution >= 0.6 is 0 Å². The number of carbonyl (C=O) groups is 1. The van der Waals surface area contributed by atoms with Gasteiger partial charge in [-0.05, 0) is 32.2 Å². The van der Waals surface area contributed by atoms with Crippen molar-refractivity contribution in [2.45, 2.75) is 26.2 Å². The standard InChI is InChI=1S/C10H20N2O/c1-3-6-12(8-9-4-5-9)10(13)7-11-2/h9,11H,3-8H2,1-2H3. The lowest BCUT2D eigenvalue weighted by molar-refractivity contribution is -0.130. The molecule has 0 heterocycles. The molecule has 13 heavy (non-hydrogen) atoms. The first kappa shape index (κ1) is 10.5. The van der Waals surface area contributed by atoms with Gasteiger partial charge in [-0.2, -0.15) is 0 Å². The first-order valence-corrected chi connectivity index (χ1v) is 5.20. The zero-order chi connectivity index (χ0) is 9.68. The fourth-order valence-electron chi connectivity index (χ4n) is 1.46. The number of nitrogens with one attached hydrogen (secondary N) is 1. The van der Waals surface area contributed by atoms with Gasteiger partial charge in [0, 0.05) is 13.1 Å². The Morgan fingerprint density at radius 3 is 2.69 bits per heavy atom. The first-order chi connectivity index (χ1) is 6.27. The molecule has 3 heteroatoms. The molecule has 0 aliphatic heterocycles. The van der Waals surface area contributed by atoms with Gasteiger partial charge >= 0.3 is 0 Å². The Kier molecular flexibility index (Phi) is 4.22. The van der Waals surface area contributed by atoms with Crippen LogP contribution in [0.3, 0.4) is 0 Å². The second-order valence-corrected chi connectivity index (χ2v) is 3.81. The lowest BCUT2D eigenvalue weighted by atomic mass is 10.3. The molecule has 0 radical (unpaired) electrons. The van der Waals surface area contributed by atoms with Crippen molar-refractivity contribution < 1.29 is 4.79 Å². The van der Waals surface area contributed by atoms with Crippen LogP contribution in [0.2, 0.25) is 0 Å². The summed E-state index contributed by atoms with van der Waals surface area (Å²) in [6.07, 6.45) is 3.68. The highest BCUT2D eigenvalue weighted by Crippen LogP contribution is 2.29. The Bertz CT molecular complexity index is 166. The summed E-state index contributed by atoms with van der Waals surface area (Å²) < 4.78 is 0. The van der Waals surface area contributed by atoms with E-state index in [-0.39, 0.29) is 5.91 Å². The maximum absolute atomic E-state index is 11.6. The van der Waals surface area contributed by atoms with Gasteiger partial charge in [0.2, 0.25) is 5.91 Å². The summed E-state index contributed by atoms with van der Waals surface area (Å²) in [5.41, 5.74) is 0. The SMILES string of the molecule is CCCN(CC1CC1)C(=O)CNC. The molecule has 1 rings (SSSR count). The average molecular weight is 184 g/mol. The van der Waals surface area contributed by atoms with Gasteiger partial charge in [0.15, 0.2) is 0 Å². The van der Waals surface area contributed by atoms with Crippen molar-refractivity contribution in [3.8, 4) is 0 Å². The number of nitrogens with zero attached hydrogens (tertiary/aromatic N) is 1. The van der Waals surface area contributed by atoms with Crippen molar-refractivity contribution in [1.82, 2.24) is 10.2 Å². The van der Waals surface area contributed by atoms with Gasteiger partial charge in [0.05, 0.1) is 6.54 Å². The van der Waals surface area contributed by atoms with E-state index in [1.807, 2.05) is 11.9 Å². The van der Waals surface area contributed by atoms with Gasteiger partial charge in [-0.15, -0.1) is 0 Å². The van der Waals surface area contributed by atoms with Crippen LogP contribution in [0.5, 0.6) is 0 Å². The van der Waals surface area contributed by atoms with Gasteiger partial charge in [0.1, 0.15) is 0 Å². The topological polar surface area (TPSA) is 32.3 Å². The molecule has 1 saturated carbocycles. The summed E-state index contributed by atoms with van der Waals surface area (Å²) in [6, 6.07) is 0. The smallest absolute Gasteiger partial charge is 0.236 e. The van der Waals surface area contributed by atoms with Crippen LogP contribution in [-0.2, 0) is 4.79 Å². The van der Waals surface area contributed by atoms with Gasteiger partial charge in [-0.3, -0.25) is 4.79 Å². The minimum absolute atomic E-state index is 0.247. The summed E-state index contributed by atoms with van der Waals surface area (Å²) in [5, 5.41) is 2.91. The van der Waals surface area contributed by atoms with Crippen molar-refractivity contribution in [3.63, 3.8) is 0 Å². The Labute approximate surface area is 80.5 Å². The molecule has 0 atom stereocenters. The molecule has 1 fully saturated rings. The first-order valence-electron chi connectivity index (χ1n) is 5.20. The summed E-state index contributed by atoms with van der Waals surface area (Å²) in [7, 11) is 1.82. The van der Waals surface area contributed by atoms with Gasteiger partial charge in [0.25, 0.3) is 0 Å². The van der Waals surface area contributed by atoms with E-state index in [0.29, 0.717) is 6.54 Å². The number of hydrogen-bond donors (Lipinski definition) is 1. The van der Waals surface area contributed by atoms with Crippen LogP contribution in [0, 0.1) is 5.92 Å². The van der Waals surface area contributed by atoms with E-state index in [1.165, 1.54) is 12.8 Å². The zero-order valence-corrected chi connectivity index (χ0v) is 8.68. The Morgan fingerprint density at radius 2 is 2.23 bits per heavy atom. The molecular formula is C10H20N2O. The monoisotopic (exact) mass is 184 g/mol. The number of carbonyl (C=O) groups excluding carboxylic acids is 1. The molecule has 0 aromatic carbocycles. The summed E-state index contributed by atoms with van der Waals surface area (Å²) in [5.74, 6) is 1.05. The van der Waals surface area contributed by atoms with Crippen LogP contribution < -0.4 is 5.32 Å². The molecule has 0 unspecified atom stereocenters. The lowest BCUT2D eigenvalue weighted by Crippen LogP contribution is -2.38. The van der Waals surface area contributed by atoms with Crippen molar-refractivity contribution >= 4 is 5.91 Å². The average Bonchev–Trinajstić information content (AvgIpc) is 2.88. The van der Waals surface area contributed by atoms with Crippen molar-refractivity contribution in [1.29, 1.82) is 0 Å². The zero-order valence-electron chi connectivity index (χ0n) is 8.68. The van der Waals surface area contributed by atoms with E-state index in [2.05, 4.69) is 12.2 Å². The third-order valence-corrected chi connectivity index (χ3v) is 2.35. The molecule has 1 amide bonds. The summed E-state index contributed by atoms with van der Waals surface area (Å²) in [6.45, 7) is 4.49. The molecule has 1 aliphatic carbocycles. The van der Waals surface area contributed by atoms with Crippen LogP contribution in [0.1, 0.15) is 26.2 Å². The molecule has 0 aromatic rings. The minimum atomic E-state index is 0.247. The van der Waals surface area contributed by atoms with Crippen molar-refractivity contribution in [3.05, 3.63) is 0 Å².